The van der Waals surface area contributed by atoms with E-state index in [1.54, 1.807) is 47.7 Å². The van der Waals surface area contributed by atoms with Gasteiger partial charge in [0.25, 0.3) is 5.91 Å². The first-order valence-corrected chi connectivity index (χ1v) is 19.9. The molecule has 2 saturated heterocycles. The lowest BCUT2D eigenvalue weighted by molar-refractivity contribution is -0.112. The maximum Gasteiger partial charge on any atom is 0.254 e. The Labute approximate surface area is 330 Å². The zero-order chi connectivity index (χ0) is 39.2. The van der Waals surface area contributed by atoms with E-state index in [1.807, 2.05) is 36.4 Å². The molecule has 56 heavy (non-hydrogen) atoms. The Bertz CT molecular complexity index is 2170. The number of amides is 1. The standard InChI is InChI=1S/C44H46N4O7S/c1-45(35(29-51)3-2-24-49)44(54)39-14-8-34(25-32(39)28-50)48-22-20-46(21-23-48)27-30-16-18-47(19-17-30)33-6-12-38(13-7-33)55-42-40-15-11-37(53)26-41(40)56-43(42)31-4-9-36(52)10-5-31/h4-15,24-26,28-30,35,52-53H,2-3,16-23,27H2,1H3. The van der Waals surface area contributed by atoms with Crippen LogP contribution in [0.1, 0.15) is 46.4 Å². The maximum absolute atomic E-state index is 13.2. The summed E-state index contributed by atoms with van der Waals surface area (Å²) in [5.41, 5.74) is 3.52. The number of piperazine rings is 1. The summed E-state index contributed by atoms with van der Waals surface area (Å²) in [7, 11) is 1.52. The Morgan fingerprint density at radius 1 is 0.839 bits per heavy atom. The maximum atomic E-state index is 13.2. The van der Waals surface area contributed by atoms with E-state index in [0.29, 0.717) is 18.5 Å². The lowest BCUT2D eigenvalue weighted by atomic mass is 9.95. The summed E-state index contributed by atoms with van der Waals surface area (Å²) in [5.74, 6) is 2.04. The van der Waals surface area contributed by atoms with Gasteiger partial charge >= 0.3 is 0 Å². The molecule has 5 aromatic rings. The van der Waals surface area contributed by atoms with E-state index in [1.165, 1.54) is 17.6 Å². The van der Waals surface area contributed by atoms with Crippen LogP contribution in [0.2, 0.25) is 0 Å². The SMILES string of the molecule is CN(C(=O)c1ccc(N2CCN(CC3CCN(c4ccc(Oc5c(-c6ccc(O)cc6)sc6cc(O)ccc56)cc4)CC3)CC2)cc1C=O)C(C=O)CCC=O. The number of fused-ring (bicyclic) bond motifs is 1. The summed E-state index contributed by atoms with van der Waals surface area (Å²) in [6.45, 7) is 6.46. The average Bonchev–Trinajstić information content (AvgIpc) is 3.58. The highest BCUT2D eigenvalue weighted by Gasteiger charge is 2.27. The molecule has 0 saturated carbocycles. The second kappa shape index (κ2) is 17.4. The van der Waals surface area contributed by atoms with Crippen LogP contribution in [0.15, 0.2) is 84.9 Å². The molecule has 11 nitrogen and oxygen atoms in total. The van der Waals surface area contributed by atoms with E-state index in [0.717, 1.165) is 103 Å². The number of benzene rings is 4. The lowest BCUT2D eigenvalue weighted by Gasteiger charge is -2.40. The third kappa shape index (κ3) is 8.56. The third-order valence-electron chi connectivity index (χ3n) is 11.0. The molecule has 3 heterocycles. The van der Waals surface area contributed by atoms with Crippen molar-refractivity contribution in [2.75, 3.05) is 62.7 Å². The molecule has 2 aliphatic rings. The second-order valence-corrected chi connectivity index (χ2v) is 15.6. The number of aromatic hydroxyl groups is 2. The van der Waals surface area contributed by atoms with Gasteiger partial charge in [-0.05, 0) is 116 Å². The Morgan fingerprint density at radius 2 is 1.52 bits per heavy atom. The van der Waals surface area contributed by atoms with Crippen LogP contribution in [0.25, 0.3) is 20.5 Å². The van der Waals surface area contributed by atoms with Crippen molar-refractivity contribution in [1.82, 2.24) is 9.80 Å². The molecule has 12 heteroatoms. The number of hydrogen-bond donors (Lipinski definition) is 2. The summed E-state index contributed by atoms with van der Waals surface area (Å²) in [5, 5.41) is 20.8. The highest BCUT2D eigenvalue weighted by molar-refractivity contribution is 7.22. The zero-order valence-corrected chi connectivity index (χ0v) is 32.2. The molecular formula is C44H46N4O7S. The molecule has 4 aromatic carbocycles. The van der Waals surface area contributed by atoms with Crippen LogP contribution in [0, 0.1) is 5.92 Å². The Morgan fingerprint density at radius 3 is 2.20 bits per heavy atom. The van der Waals surface area contributed by atoms with Crippen LogP contribution in [0.5, 0.6) is 23.0 Å². The number of piperidine rings is 1. The van der Waals surface area contributed by atoms with Crippen LogP contribution in [0.4, 0.5) is 11.4 Å². The summed E-state index contributed by atoms with van der Waals surface area (Å²) >= 11 is 1.54. The summed E-state index contributed by atoms with van der Waals surface area (Å²) < 4.78 is 7.43. The van der Waals surface area contributed by atoms with Crippen LogP contribution >= 0.6 is 11.3 Å². The molecule has 2 aliphatic heterocycles. The van der Waals surface area contributed by atoms with Crippen LogP contribution < -0.4 is 14.5 Å². The highest BCUT2D eigenvalue weighted by Crippen LogP contribution is 2.47. The number of hydrogen-bond acceptors (Lipinski definition) is 11. The minimum absolute atomic E-state index is 0.173. The molecule has 0 aliphatic carbocycles. The van der Waals surface area contributed by atoms with E-state index in [2.05, 4.69) is 26.8 Å². The molecule has 2 N–H and O–H groups in total. The minimum Gasteiger partial charge on any atom is -0.508 e. The number of anilines is 2. The van der Waals surface area contributed by atoms with Gasteiger partial charge in [0, 0.05) is 86.3 Å². The van der Waals surface area contributed by atoms with Gasteiger partial charge < -0.3 is 39.2 Å². The predicted molar refractivity (Wildman–Crippen MR) is 220 cm³/mol. The molecule has 0 spiro atoms. The molecule has 7 rings (SSSR count). The number of ether oxygens (including phenoxy) is 1. The lowest BCUT2D eigenvalue weighted by Crippen LogP contribution is -2.49. The first-order valence-electron chi connectivity index (χ1n) is 19.0. The van der Waals surface area contributed by atoms with Crippen molar-refractivity contribution in [3.8, 4) is 33.4 Å². The fourth-order valence-electron chi connectivity index (χ4n) is 7.71. The third-order valence-corrected chi connectivity index (χ3v) is 12.2. The molecule has 1 atom stereocenters. The summed E-state index contributed by atoms with van der Waals surface area (Å²) in [4.78, 5) is 57.0. The topological polar surface area (TPSA) is 131 Å². The summed E-state index contributed by atoms with van der Waals surface area (Å²) in [6.07, 6.45) is 4.70. The van der Waals surface area contributed by atoms with Crippen molar-refractivity contribution in [2.45, 2.75) is 31.7 Å². The number of rotatable bonds is 14. The Hall–Kier alpha value is -5.72. The second-order valence-electron chi connectivity index (χ2n) is 14.6. The molecular weight excluding hydrogens is 729 g/mol. The molecule has 1 aromatic heterocycles. The predicted octanol–water partition coefficient (Wildman–Crippen LogP) is 7.24. The number of phenols is 2. The molecule has 0 bridgehead atoms. The van der Waals surface area contributed by atoms with Gasteiger partial charge in [0.15, 0.2) is 12.0 Å². The number of carbonyl (C=O) groups is 4. The number of likely N-dealkylation sites (N-methyl/N-ethyl adjacent to an activating group) is 1. The summed E-state index contributed by atoms with van der Waals surface area (Å²) in [6, 6.07) is 25.1. The first kappa shape index (κ1) is 38.6. The Kier molecular flexibility index (Phi) is 12.0. The van der Waals surface area contributed by atoms with Crippen molar-refractivity contribution in [1.29, 1.82) is 0 Å². The largest absolute Gasteiger partial charge is 0.508 e. The van der Waals surface area contributed by atoms with Crippen LogP contribution in [-0.2, 0) is 9.59 Å². The number of aldehydes is 3. The fourth-order valence-corrected chi connectivity index (χ4v) is 8.88. The van der Waals surface area contributed by atoms with Gasteiger partial charge in [-0.1, -0.05) is 0 Å². The number of phenolic OH excluding ortho intramolecular Hbond substituents is 2. The van der Waals surface area contributed by atoms with Gasteiger partial charge in [0.2, 0.25) is 0 Å². The van der Waals surface area contributed by atoms with Crippen molar-refractivity contribution in [3.05, 3.63) is 96.1 Å². The zero-order valence-electron chi connectivity index (χ0n) is 31.4. The number of nitrogens with zero attached hydrogens (tertiary/aromatic N) is 4. The smallest absolute Gasteiger partial charge is 0.254 e. The van der Waals surface area contributed by atoms with Gasteiger partial charge in [0.1, 0.15) is 29.8 Å². The van der Waals surface area contributed by atoms with Gasteiger partial charge in [0.05, 0.1) is 16.5 Å². The van der Waals surface area contributed by atoms with Crippen LogP contribution in [0.3, 0.4) is 0 Å². The molecule has 2 fully saturated rings. The molecule has 1 unspecified atom stereocenters. The fraction of sp³-hybridized carbons (Fsp3) is 0.318. The van der Waals surface area contributed by atoms with Crippen molar-refractivity contribution >= 4 is 57.6 Å². The van der Waals surface area contributed by atoms with Crippen molar-refractivity contribution in [2.24, 2.45) is 5.92 Å². The minimum atomic E-state index is -0.732. The van der Waals surface area contributed by atoms with E-state index < -0.39 is 11.9 Å². The highest BCUT2D eigenvalue weighted by atomic mass is 32.1. The van der Waals surface area contributed by atoms with Gasteiger partial charge in [-0.25, -0.2) is 0 Å². The average molecular weight is 775 g/mol. The molecule has 0 radical (unpaired) electrons. The number of carbonyl (C=O) groups excluding carboxylic acids is 4. The van der Waals surface area contributed by atoms with Crippen LogP contribution in [-0.4, -0.2) is 104 Å². The first-order chi connectivity index (χ1) is 27.2. The monoisotopic (exact) mass is 774 g/mol. The van der Waals surface area contributed by atoms with Gasteiger partial charge in [-0.2, -0.15) is 0 Å². The molecule has 1 amide bonds. The normalized spacial score (nSPS) is 15.7. The Balaban J connectivity index is 0.907. The molecule has 290 valence electrons. The van der Waals surface area contributed by atoms with E-state index >= 15 is 0 Å². The van der Waals surface area contributed by atoms with Gasteiger partial charge in [-0.3, -0.25) is 14.5 Å². The van der Waals surface area contributed by atoms with E-state index in [4.69, 9.17) is 4.74 Å². The quantitative estimate of drug-likeness (QED) is 0.111. The van der Waals surface area contributed by atoms with Gasteiger partial charge in [-0.15, -0.1) is 11.3 Å². The van der Waals surface area contributed by atoms with E-state index in [9.17, 15) is 29.4 Å². The number of thiophene rings is 1. The van der Waals surface area contributed by atoms with Crippen molar-refractivity contribution in [3.63, 3.8) is 0 Å². The van der Waals surface area contributed by atoms with Crippen molar-refractivity contribution < 1.29 is 34.1 Å². The van der Waals surface area contributed by atoms with E-state index in [-0.39, 0.29) is 35.5 Å².